The first-order chi connectivity index (χ1) is 8.23. The highest BCUT2D eigenvalue weighted by atomic mass is 16.6. The van der Waals surface area contributed by atoms with Crippen LogP contribution >= 0.6 is 0 Å². The minimum Gasteiger partial charge on any atom is -0.438 e. The zero-order chi connectivity index (χ0) is 11.9. The van der Waals surface area contributed by atoms with Gasteiger partial charge in [0.25, 0.3) is 0 Å². The number of hydrogen-bond acceptors (Lipinski definition) is 2. The Balaban J connectivity index is 2.12. The monoisotopic (exact) mass is 231 g/mol. The van der Waals surface area contributed by atoms with Gasteiger partial charge in [-0.15, -0.1) is 0 Å². The zero-order valence-corrected chi connectivity index (χ0v) is 10.1. The van der Waals surface area contributed by atoms with Crippen molar-refractivity contribution in [1.82, 2.24) is 0 Å². The third-order valence-electron chi connectivity index (χ3n) is 3.97. The topological polar surface area (TPSA) is 29.5 Å². The van der Waals surface area contributed by atoms with Crippen molar-refractivity contribution in [2.75, 3.05) is 11.9 Å². The third-order valence-corrected chi connectivity index (χ3v) is 3.97. The Hall–Kier alpha value is -1.51. The number of ether oxygens (including phenoxy) is 1. The molecule has 3 rings (SSSR count). The lowest BCUT2D eigenvalue weighted by atomic mass is 9.78. The average Bonchev–Trinajstić information content (AvgIpc) is 2.38. The molecular weight excluding hydrogens is 214 g/mol. The quantitative estimate of drug-likeness (QED) is 0.684. The second-order valence-electron chi connectivity index (χ2n) is 5.00. The number of para-hydroxylation sites is 1. The van der Waals surface area contributed by atoms with Gasteiger partial charge in [-0.05, 0) is 31.7 Å². The molecule has 1 aromatic carbocycles. The van der Waals surface area contributed by atoms with E-state index in [1.807, 2.05) is 18.2 Å². The van der Waals surface area contributed by atoms with E-state index in [9.17, 15) is 4.79 Å². The standard InChI is InChI=1S/C14H17NO2/c1-15-12-8-4-3-7-11(12)14(17-13(15)16)9-5-2-6-10-14/h3-4,7-8H,2,5-6,9-10H2,1H3. The Morgan fingerprint density at radius 2 is 1.88 bits per heavy atom. The first-order valence-corrected chi connectivity index (χ1v) is 6.29. The maximum atomic E-state index is 11.9. The molecule has 0 bridgehead atoms. The third kappa shape index (κ3) is 1.53. The molecule has 0 radical (unpaired) electrons. The van der Waals surface area contributed by atoms with Gasteiger partial charge in [0.05, 0.1) is 5.69 Å². The SMILES string of the molecule is CN1C(=O)OC2(CCCCC2)c2ccccc21. The number of benzene rings is 1. The van der Waals surface area contributed by atoms with Crippen LogP contribution in [0.2, 0.25) is 0 Å². The molecule has 1 aliphatic heterocycles. The van der Waals surface area contributed by atoms with Crippen LogP contribution in [-0.4, -0.2) is 13.1 Å². The smallest absolute Gasteiger partial charge is 0.414 e. The fourth-order valence-corrected chi connectivity index (χ4v) is 3.03. The number of rotatable bonds is 0. The number of nitrogens with zero attached hydrogens (tertiary/aromatic N) is 1. The summed E-state index contributed by atoms with van der Waals surface area (Å²) in [5.41, 5.74) is 1.84. The molecule has 1 fully saturated rings. The molecule has 0 N–H and O–H groups in total. The van der Waals surface area contributed by atoms with Gasteiger partial charge in [0.2, 0.25) is 0 Å². The van der Waals surface area contributed by atoms with Crippen LogP contribution in [0.5, 0.6) is 0 Å². The Bertz CT molecular complexity index is 449. The van der Waals surface area contributed by atoms with Gasteiger partial charge in [0.15, 0.2) is 0 Å². The van der Waals surface area contributed by atoms with E-state index in [-0.39, 0.29) is 11.7 Å². The molecule has 1 aromatic rings. The molecule has 1 saturated carbocycles. The molecular formula is C14H17NO2. The second kappa shape index (κ2) is 3.76. The van der Waals surface area contributed by atoms with Crippen LogP contribution in [0.15, 0.2) is 24.3 Å². The van der Waals surface area contributed by atoms with E-state index < -0.39 is 0 Å². The van der Waals surface area contributed by atoms with Crippen molar-refractivity contribution in [3.05, 3.63) is 29.8 Å². The van der Waals surface area contributed by atoms with Gasteiger partial charge in [0, 0.05) is 12.6 Å². The first-order valence-electron chi connectivity index (χ1n) is 6.29. The van der Waals surface area contributed by atoms with Gasteiger partial charge in [-0.25, -0.2) is 4.79 Å². The molecule has 3 nitrogen and oxygen atoms in total. The van der Waals surface area contributed by atoms with Crippen LogP contribution in [-0.2, 0) is 10.3 Å². The summed E-state index contributed by atoms with van der Waals surface area (Å²) in [7, 11) is 1.77. The summed E-state index contributed by atoms with van der Waals surface area (Å²) in [5, 5.41) is 0. The van der Waals surface area contributed by atoms with E-state index in [0.717, 1.165) is 31.4 Å². The highest BCUT2D eigenvalue weighted by Gasteiger charge is 2.44. The normalized spacial score (nSPS) is 22.2. The molecule has 0 unspecified atom stereocenters. The summed E-state index contributed by atoms with van der Waals surface area (Å²) in [6, 6.07) is 8.11. The molecule has 0 atom stereocenters. The molecule has 1 aliphatic carbocycles. The zero-order valence-electron chi connectivity index (χ0n) is 10.1. The maximum Gasteiger partial charge on any atom is 0.414 e. The lowest BCUT2D eigenvalue weighted by Gasteiger charge is -2.43. The first kappa shape index (κ1) is 10.6. The van der Waals surface area contributed by atoms with Crippen LogP contribution in [0.3, 0.4) is 0 Å². The summed E-state index contributed by atoms with van der Waals surface area (Å²) >= 11 is 0. The molecule has 1 heterocycles. The fraction of sp³-hybridized carbons (Fsp3) is 0.500. The lowest BCUT2D eigenvalue weighted by Crippen LogP contribution is -2.45. The summed E-state index contributed by atoms with van der Waals surface area (Å²) in [6.45, 7) is 0. The van der Waals surface area contributed by atoms with Gasteiger partial charge >= 0.3 is 6.09 Å². The van der Waals surface area contributed by atoms with Crippen molar-refractivity contribution in [1.29, 1.82) is 0 Å². The van der Waals surface area contributed by atoms with E-state index >= 15 is 0 Å². The van der Waals surface area contributed by atoms with Crippen molar-refractivity contribution in [3.8, 4) is 0 Å². The number of hydrogen-bond donors (Lipinski definition) is 0. The number of amides is 1. The van der Waals surface area contributed by atoms with Crippen LogP contribution < -0.4 is 4.90 Å². The molecule has 90 valence electrons. The highest BCUT2D eigenvalue weighted by molar-refractivity contribution is 5.91. The van der Waals surface area contributed by atoms with Gasteiger partial charge in [-0.1, -0.05) is 24.6 Å². The molecule has 17 heavy (non-hydrogen) atoms. The Labute approximate surface area is 101 Å². The average molecular weight is 231 g/mol. The van der Waals surface area contributed by atoms with E-state index in [0.29, 0.717) is 0 Å². The number of carbonyl (C=O) groups excluding carboxylic acids is 1. The second-order valence-corrected chi connectivity index (χ2v) is 5.00. The van der Waals surface area contributed by atoms with E-state index in [1.54, 1.807) is 11.9 Å². The van der Waals surface area contributed by atoms with Gasteiger partial charge in [0.1, 0.15) is 5.60 Å². The summed E-state index contributed by atoms with van der Waals surface area (Å²) in [6.07, 6.45) is 5.24. The van der Waals surface area contributed by atoms with Crippen LogP contribution in [0, 0.1) is 0 Å². The summed E-state index contributed by atoms with van der Waals surface area (Å²) < 4.78 is 5.74. The molecule has 2 aliphatic rings. The van der Waals surface area contributed by atoms with Gasteiger partial charge in [-0.2, -0.15) is 0 Å². The maximum absolute atomic E-state index is 11.9. The Kier molecular flexibility index (Phi) is 2.35. The van der Waals surface area contributed by atoms with Crippen molar-refractivity contribution in [2.24, 2.45) is 0 Å². The largest absolute Gasteiger partial charge is 0.438 e. The number of anilines is 1. The van der Waals surface area contributed by atoms with Crippen LogP contribution in [0.1, 0.15) is 37.7 Å². The van der Waals surface area contributed by atoms with Gasteiger partial charge < -0.3 is 4.74 Å². The minimum atomic E-state index is -0.349. The predicted octanol–water partition coefficient (Wildman–Crippen LogP) is 3.43. The minimum absolute atomic E-state index is 0.217. The van der Waals surface area contributed by atoms with Crippen molar-refractivity contribution in [3.63, 3.8) is 0 Å². The van der Waals surface area contributed by atoms with Crippen molar-refractivity contribution in [2.45, 2.75) is 37.7 Å². The van der Waals surface area contributed by atoms with Crippen molar-refractivity contribution >= 4 is 11.8 Å². The van der Waals surface area contributed by atoms with Crippen LogP contribution in [0.4, 0.5) is 10.5 Å². The molecule has 1 amide bonds. The molecule has 0 saturated heterocycles. The molecule has 3 heteroatoms. The summed E-state index contributed by atoms with van der Waals surface area (Å²) in [5.74, 6) is 0. The van der Waals surface area contributed by atoms with Crippen LogP contribution in [0.25, 0.3) is 0 Å². The van der Waals surface area contributed by atoms with E-state index in [1.165, 1.54) is 12.0 Å². The van der Waals surface area contributed by atoms with Gasteiger partial charge in [-0.3, -0.25) is 4.90 Å². The highest BCUT2D eigenvalue weighted by Crippen LogP contribution is 2.47. The predicted molar refractivity (Wildman–Crippen MR) is 66.1 cm³/mol. The number of fused-ring (bicyclic) bond motifs is 2. The summed E-state index contributed by atoms with van der Waals surface area (Å²) in [4.78, 5) is 13.5. The van der Waals surface area contributed by atoms with Crippen molar-refractivity contribution < 1.29 is 9.53 Å². The molecule has 1 spiro atoms. The Morgan fingerprint density at radius 1 is 1.18 bits per heavy atom. The number of carbonyl (C=O) groups is 1. The fourth-order valence-electron chi connectivity index (χ4n) is 3.03. The van der Waals surface area contributed by atoms with E-state index in [4.69, 9.17) is 4.74 Å². The molecule has 0 aromatic heterocycles. The lowest BCUT2D eigenvalue weighted by molar-refractivity contribution is -0.0222. The van der Waals surface area contributed by atoms with E-state index in [2.05, 4.69) is 6.07 Å². The Morgan fingerprint density at radius 3 is 2.65 bits per heavy atom.